The summed E-state index contributed by atoms with van der Waals surface area (Å²) < 4.78 is 29.7. The summed E-state index contributed by atoms with van der Waals surface area (Å²) in [6.07, 6.45) is 1.59. The van der Waals surface area contributed by atoms with Crippen molar-refractivity contribution < 1.29 is 13.0 Å². The van der Waals surface area contributed by atoms with Crippen LogP contribution in [0.15, 0.2) is 35.7 Å². The van der Waals surface area contributed by atoms with Crippen LogP contribution in [0.25, 0.3) is 6.08 Å². The molecule has 0 aliphatic rings. The van der Waals surface area contributed by atoms with Gasteiger partial charge in [0.05, 0.1) is 4.90 Å². The fourth-order valence-corrected chi connectivity index (χ4v) is 1.26. The van der Waals surface area contributed by atoms with Crippen LogP contribution in [0.1, 0.15) is 5.56 Å². The average molecular weight is 211 g/mol. The first kappa shape index (κ1) is 12.4. The summed E-state index contributed by atoms with van der Waals surface area (Å²) in [6.45, 7) is 3.51. The van der Waals surface area contributed by atoms with Gasteiger partial charge in [-0.2, -0.15) is 8.42 Å². The summed E-state index contributed by atoms with van der Waals surface area (Å²) >= 11 is 0. The van der Waals surface area contributed by atoms with Crippen molar-refractivity contribution in [2.45, 2.75) is 4.90 Å². The monoisotopic (exact) mass is 211 g/mol. The van der Waals surface area contributed by atoms with Gasteiger partial charge >= 0.3 is 0 Å². The van der Waals surface area contributed by atoms with Crippen LogP contribution in [-0.4, -0.2) is 30.3 Å². The Labute approximate surface area is 88.0 Å². The average Bonchev–Trinajstić information content (AvgIpc) is 2.03. The van der Waals surface area contributed by atoms with E-state index in [1.165, 1.54) is 12.1 Å². The number of hydrogen-bond acceptors (Lipinski definition) is 2. The summed E-state index contributed by atoms with van der Waals surface area (Å²) in [6, 6.07) is 5.78. The third-order valence-electron chi connectivity index (χ3n) is 1.41. The van der Waals surface area contributed by atoms with E-state index in [1.54, 1.807) is 18.2 Å². The molecule has 0 saturated carbocycles. The zero-order valence-corrected chi connectivity index (χ0v) is 8.81. The van der Waals surface area contributed by atoms with E-state index in [4.69, 9.17) is 4.55 Å². The predicted molar refractivity (Wildman–Crippen MR) is 52.1 cm³/mol. The SMILES string of the molecule is C=Cc1ccc(S(=O)(=O)O)cc1.[Al]. The van der Waals surface area contributed by atoms with Gasteiger partial charge in [0, 0.05) is 17.4 Å². The first-order chi connectivity index (χ1) is 5.54. The van der Waals surface area contributed by atoms with Crippen molar-refractivity contribution >= 4 is 33.6 Å². The largest absolute Gasteiger partial charge is 0.294 e. The number of rotatable bonds is 2. The van der Waals surface area contributed by atoms with Gasteiger partial charge in [-0.1, -0.05) is 24.8 Å². The Morgan fingerprint density at radius 3 is 2.00 bits per heavy atom. The molecule has 0 unspecified atom stereocenters. The summed E-state index contributed by atoms with van der Waals surface area (Å²) in [4.78, 5) is -0.104. The van der Waals surface area contributed by atoms with Crippen molar-refractivity contribution in [2.24, 2.45) is 0 Å². The Bertz CT molecular complexity index is 380. The smallest absolute Gasteiger partial charge is 0.282 e. The highest BCUT2D eigenvalue weighted by Crippen LogP contribution is 2.10. The van der Waals surface area contributed by atoms with Gasteiger partial charge < -0.3 is 0 Å². The maximum absolute atomic E-state index is 10.6. The molecular weight excluding hydrogens is 203 g/mol. The van der Waals surface area contributed by atoms with E-state index >= 15 is 0 Å². The van der Waals surface area contributed by atoms with Gasteiger partial charge in [-0.3, -0.25) is 4.55 Å². The second-order valence-electron chi connectivity index (χ2n) is 2.25. The van der Waals surface area contributed by atoms with E-state index in [0.717, 1.165) is 5.56 Å². The molecule has 1 aromatic carbocycles. The molecule has 0 amide bonds. The van der Waals surface area contributed by atoms with Gasteiger partial charge in [-0.15, -0.1) is 0 Å². The summed E-state index contributed by atoms with van der Waals surface area (Å²) in [5.41, 5.74) is 0.808. The lowest BCUT2D eigenvalue weighted by Crippen LogP contribution is -1.96. The van der Waals surface area contributed by atoms with Crippen molar-refractivity contribution in [1.82, 2.24) is 0 Å². The minimum Gasteiger partial charge on any atom is -0.282 e. The quantitative estimate of drug-likeness (QED) is 0.590. The second kappa shape index (κ2) is 4.59. The molecule has 5 heteroatoms. The van der Waals surface area contributed by atoms with Crippen LogP contribution in [0.5, 0.6) is 0 Å². The molecule has 0 atom stereocenters. The highest BCUT2D eigenvalue weighted by Gasteiger charge is 2.07. The maximum atomic E-state index is 10.6. The molecule has 1 N–H and O–H groups in total. The van der Waals surface area contributed by atoms with Crippen LogP contribution in [-0.2, 0) is 10.1 Å². The van der Waals surface area contributed by atoms with Crippen LogP contribution in [0.4, 0.5) is 0 Å². The van der Waals surface area contributed by atoms with Gasteiger partial charge in [-0.05, 0) is 17.7 Å². The zero-order chi connectivity index (χ0) is 9.19. The van der Waals surface area contributed by atoms with Gasteiger partial charge in [0.2, 0.25) is 0 Å². The Balaban J connectivity index is 0.00000144. The minimum absolute atomic E-state index is 0. The lowest BCUT2D eigenvalue weighted by atomic mass is 10.2. The van der Waals surface area contributed by atoms with Crippen LogP contribution in [0.3, 0.4) is 0 Å². The minimum atomic E-state index is -4.06. The summed E-state index contributed by atoms with van der Waals surface area (Å²) in [5, 5.41) is 0. The Morgan fingerprint density at radius 2 is 1.69 bits per heavy atom. The number of benzene rings is 1. The topological polar surface area (TPSA) is 54.4 Å². The number of hydrogen-bond donors (Lipinski definition) is 1. The van der Waals surface area contributed by atoms with E-state index in [1.807, 2.05) is 0 Å². The molecule has 0 spiro atoms. The van der Waals surface area contributed by atoms with E-state index in [2.05, 4.69) is 6.58 Å². The molecule has 1 aromatic rings. The second-order valence-corrected chi connectivity index (χ2v) is 3.67. The standard InChI is InChI=1S/C8H8O3S.Al/c1-2-7-3-5-8(6-4-7)12(9,10)11;/h2-6H,1H2,(H,9,10,11);. The lowest BCUT2D eigenvalue weighted by molar-refractivity contribution is 0.483. The van der Waals surface area contributed by atoms with Crippen LogP contribution < -0.4 is 0 Å². The van der Waals surface area contributed by atoms with E-state index < -0.39 is 10.1 Å². The van der Waals surface area contributed by atoms with Crippen molar-refractivity contribution in [3.8, 4) is 0 Å². The van der Waals surface area contributed by atoms with Gasteiger partial charge in [0.25, 0.3) is 10.1 Å². The van der Waals surface area contributed by atoms with Crippen LogP contribution in [0.2, 0.25) is 0 Å². The lowest BCUT2D eigenvalue weighted by Gasteiger charge is -1.96. The molecule has 3 radical (unpaired) electrons. The molecule has 0 saturated heterocycles. The molecule has 0 aromatic heterocycles. The van der Waals surface area contributed by atoms with E-state index in [-0.39, 0.29) is 22.3 Å². The Hall–Kier alpha value is -0.598. The molecule has 0 bridgehead atoms. The van der Waals surface area contributed by atoms with Crippen molar-refractivity contribution in [3.05, 3.63) is 36.4 Å². The predicted octanol–water partition coefficient (Wildman–Crippen LogP) is 1.20. The van der Waals surface area contributed by atoms with Crippen molar-refractivity contribution in [1.29, 1.82) is 0 Å². The normalized spacial score (nSPS) is 10.2. The fraction of sp³-hybridized carbons (Fsp3) is 0. The van der Waals surface area contributed by atoms with Gasteiger partial charge in [0.15, 0.2) is 0 Å². The fourth-order valence-electron chi connectivity index (χ4n) is 0.776. The molecular formula is C8H8AlO3S. The van der Waals surface area contributed by atoms with Crippen LogP contribution >= 0.6 is 0 Å². The molecule has 0 aliphatic heterocycles. The highest BCUT2D eigenvalue weighted by molar-refractivity contribution is 7.85. The molecule has 13 heavy (non-hydrogen) atoms. The molecule has 1 rings (SSSR count). The zero-order valence-electron chi connectivity index (χ0n) is 6.84. The summed E-state index contributed by atoms with van der Waals surface area (Å²) in [7, 11) is -4.06. The first-order valence-electron chi connectivity index (χ1n) is 3.24. The Kier molecular flexibility index (Phi) is 4.38. The third kappa shape index (κ3) is 3.33. The first-order valence-corrected chi connectivity index (χ1v) is 4.68. The molecule has 0 heterocycles. The Morgan fingerprint density at radius 1 is 1.23 bits per heavy atom. The third-order valence-corrected chi connectivity index (χ3v) is 2.28. The van der Waals surface area contributed by atoms with Gasteiger partial charge in [-0.25, -0.2) is 0 Å². The van der Waals surface area contributed by atoms with Crippen molar-refractivity contribution in [2.75, 3.05) is 0 Å². The van der Waals surface area contributed by atoms with E-state index in [9.17, 15) is 8.42 Å². The molecule has 3 nitrogen and oxygen atoms in total. The molecule has 0 aliphatic carbocycles. The summed E-state index contributed by atoms with van der Waals surface area (Å²) in [5.74, 6) is 0. The van der Waals surface area contributed by atoms with Gasteiger partial charge in [0.1, 0.15) is 0 Å². The molecule has 0 fully saturated rings. The maximum Gasteiger partial charge on any atom is 0.294 e. The van der Waals surface area contributed by atoms with Crippen LogP contribution in [0, 0.1) is 0 Å². The van der Waals surface area contributed by atoms with Crippen molar-refractivity contribution in [3.63, 3.8) is 0 Å². The highest BCUT2D eigenvalue weighted by atomic mass is 32.2. The van der Waals surface area contributed by atoms with E-state index in [0.29, 0.717) is 0 Å². The molecule has 67 valence electrons.